The van der Waals surface area contributed by atoms with E-state index in [9.17, 15) is 9.90 Å². The fourth-order valence-electron chi connectivity index (χ4n) is 2.07. The summed E-state index contributed by atoms with van der Waals surface area (Å²) in [6.07, 6.45) is 0. The Hall–Kier alpha value is -1.89. The maximum Gasteiger partial charge on any atom is 0.313 e. The highest BCUT2D eigenvalue weighted by molar-refractivity contribution is 5.76. The van der Waals surface area contributed by atoms with Crippen molar-refractivity contribution < 1.29 is 19.4 Å². The van der Waals surface area contributed by atoms with E-state index in [2.05, 4.69) is 15.3 Å². The van der Waals surface area contributed by atoms with Crippen molar-refractivity contribution in [2.75, 3.05) is 25.1 Å². The van der Waals surface area contributed by atoms with Gasteiger partial charge in [-0.3, -0.25) is 4.79 Å². The van der Waals surface area contributed by atoms with Crippen LogP contribution in [0.4, 0.5) is 5.95 Å². The summed E-state index contributed by atoms with van der Waals surface area (Å²) in [6.45, 7) is 6.34. The summed E-state index contributed by atoms with van der Waals surface area (Å²) in [5, 5.41) is 12.4. The maximum absolute atomic E-state index is 11.4. The second kappa shape index (κ2) is 5.62. The largest absolute Gasteiger partial charge is 0.481 e. The molecule has 0 bridgehead atoms. The van der Waals surface area contributed by atoms with E-state index in [1.165, 1.54) is 0 Å². The third-order valence-electron chi connectivity index (χ3n) is 3.37. The Kier molecular flexibility index (Phi) is 4.08. The van der Waals surface area contributed by atoms with Gasteiger partial charge in [-0.1, -0.05) is 0 Å². The molecule has 1 aliphatic heterocycles. The van der Waals surface area contributed by atoms with E-state index in [1.807, 2.05) is 13.8 Å². The van der Waals surface area contributed by atoms with Crippen LogP contribution in [0.1, 0.15) is 19.5 Å². The number of hydrogen-bond donors (Lipinski definition) is 2. The number of aliphatic carboxylic acids is 1. The van der Waals surface area contributed by atoms with E-state index in [-0.39, 0.29) is 12.6 Å². The van der Waals surface area contributed by atoms with E-state index in [0.717, 1.165) is 5.69 Å². The van der Waals surface area contributed by atoms with Crippen molar-refractivity contribution in [3.63, 3.8) is 0 Å². The van der Waals surface area contributed by atoms with Crippen molar-refractivity contribution in [1.82, 2.24) is 9.97 Å². The number of ether oxygens (including phenoxy) is 2. The number of hydrogen-bond acceptors (Lipinski definition) is 6. The van der Waals surface area contributed by atoms with Crippen LogP contribution in [0.3, 0.4) is 0 Å². The minimum atomic E-state index is -0.987. The lowest BCUT2D eigenvalue weighted by Crippen LogP contribution is -2.43. The van der Waals surface area contributed by atoms with Crippen molar-refractivity contribution >= 4 is 11.9 Å². The van der Waals surface area contributed by atoms with Gasteiger partial charge in [-0.25, -0.2) is 4.98 Å². The molecular formula is C13H19N3O4. The summed E-state index contributed by atoms with van der Waals surface area (Å²) < 4.78 is 10.6. The number of nitrogens with one attached hydrogen (secondary N) is 1. The van der Waals surface area contributed by atoms with Crippen LogP contribution in [0.5, 0.6) is 5.88 Å². The molecule has 1 aromatic heterocycles. The van der Waals surface area contributed by atoms with Crippen LogP contribution in [0.25, 0.3) is 0 Å². The van der Waals surface area contributed by atoms with E-state index < -0.39 is 11.4 Å². The average molecular weight is 281 g/mol. The summed E-state index contributed by atoms with van der Waals surface area (Å²) in [7, 11) is 0. The minimum Gasteiger partial charge on any atom is -0.481 e. The number of carboxylic acids is 1. The van der Waals surface area contributed by atoms with Crippen molar-refractivity contribution in [1.29, 1.82) is 0 Å². The van der Waals surface area contributed by atoms with E-state index >= 15 is 0 Å². The van der Waals surface area contributed by atoms with Crippen molar-refractivity contribution in [3.05, 3.63) is 11.8 Å². The molecule has 0 saturated carbocycles. The average Bonchev–Trinajstić information content (AvgIpc) is 2.72. The molecule has 2 atom stereocenters. The molecule has 0 radical (unpaired) electrons. The van der Waals surface area contributed by atoms with Gasteiger partial charge in [-0.2, -0.15) is 4.98 Å². The van der Waals surface area contributed by atoms with Gasteiger partial charge in [0.1, 0.15) is 5.41 Å². The highest BCUT2D eigenvalue weighted by atomic mass is 16.5. The summed E-state index contributed by atoms with van der Waals surface area (Å²) >= 11 is 0. The first-order valence-corrected chi connectivity index (χ1v) is 6.52. The van der Waals surface area contributed by atoms with Gasteiger partial charge < -0.3 is 19.9 Å². The van der Waals surface area contributed by atoms with E-state index in [0.29, 0.717) is 25.0 Å². The van der Waals surface area contributed by atoms with Crippen LogP contribution in [-0.4, -0.2) is 46.9 Å². The quantitative estimate of drug-likeness (QED) is 0.834. The molecule has 0 aromatic carbocycles. The Morgan fingerprint density at radius 2 is 2.40 bits per heavy atom. The summed E-state index contributed by atoms with van der Waals surface area (Å²) in [5.74, 6) is -0.0694. The van der Waals surface area contributed by atoms with Crippen LogP contribution in [0, 0.1) is 12.3 Å². The van der Waals surface area contributed by atoms with Crippen LogP contribution >= 0.6 is 0 Å². The molecule has 2 unspecified atom stereocenters. The molecule has 110 valence electrons. The number of aryl methyl sites for hydroxylation is 1. The molecule has 0 aliphatic carbocycles. The van der Waals surface area contributed by atoms with Gasteiger partial charge in [-0.05, 0) is 20.8 Å². The minimum absolute atomic E-state index is 0.171. The number of anilines is 1. The SMILES string of the molecule is CCOc1cc(C)nc(NC2COCC2(C)C(=O)O)n1. The zero-order valence-corrected chi connectivity index (χ0v) is 11.8. The molecule has 7 heteroatoms. The standard InChI is InChI=1S/C13H19N3O4/c1-4-20-10-5-8(2)14-12(16-10)15-9-6-19-7-13(9,3)11(17)18/h5,9H,4,6-7H2,1-3H3,(H,17,18)(H,14,15,16). The number of carboxylic acid groups (broad SMARTS) is 1. The van der Waals surface area contributed by atoms with Crippen LogP contribution in [0.15, 0.2) is 6.07 Å². The molecule has 1 aliphatic rings. The van der Waals surface area contributed by atoms with Gasteiger partial charge in [0.05, 0.1) is 25.9 Å². The molecule has 1 saturated heterocycles. The zero-order valence-electron chi connectivity index (χ0n) is 11.8. The molecule has 0 amide bonds. The molecule has 1 aromatic rings. The lowest BCUT2D eigenvalue weighted by atomic mass is 9.85. The van der Waals surface area contributed by atoms with Gasteiger partial charge >= 0.3 is 5.97 Å². The normalized spacial score (nSPS) is 25.4. The first-order chi connectivity index (χ1) is 9.45. The molecule has 1 fully saturated rings. The summed E-state index contributed by atoms with van der Waals surface area (Å²) in [4.78, 5) is 19.8. The highest BCUT2D eigenvalue weighted by Crippen LogP contribution is 2.30. The smallest absolute Gasteiger partial charge is 0.313 e. The van der Waals surface area contributed by atoms with Gasteiger partial charge in [0, 0.05) is 11.8 Å². The van der Waals surface area contributed by atoms with Gasteiger partial charge in [0.2, 0.25) is 11.8 Å². The van der Waals surface area contributed by atoms with Crippen molar-refractivity contribution in [2.24, 2.45) is 5.41 Å². The first kappa shape index (κ1) is 14.5. The maximum atomic E-state index is 11.4. The second-order valence-electron chi connectivity index (χ2n) is 5.04. The molecule has 7 nitrogen and oxygen atoms in total. The predicted octanol–water partition coefficient (Wildman–Crippen LogP) is 1.09. The Labute approximate surface area is 117 Å². The molecule has 2 N–H and O–H groups in total. The number of rotatable bonds is 5. The second-order valence-corrected chi connectivity index (χ2v) is 5.04. The monoisotopic (exact) mass is 281 g/mol. The predicted molar refractivity (Wildman–Crippen MR) is 71.9 cm³/mol. The fourth-order valence-corrected chi connectivity index (χ4v) is 2.07. The Morgan fingerprint density at radius 3 is 3.05 bits per heavy atom. The fraction of sp³-hybridized carbons (Fsp3) is 0.615. The first-order valence-electron chi connectivity index (χ1n) is 6.52. The number of nitrogens with zero attached hydrogens (tertiary/aromatic N) is 2. The topological polar surface area (TPSA) is 93.6 Å². The van der Waals surface area contributed by atoms with E-state index in [4.69, 9.17) is 9.47 Å². The Bertz CT molecular complexity index is 508. The Balaban J connectivity index is 2.19. The number of aromatic nitrogens is 2. The molecular weight excluding hydrogens is 262 g/mol. The molecule has 0 spiro atoms. The third kappa shape index (κ3) is 2.82. The lowest BCUT2D eigenvalue weighted by molar-refractivity contribution is -0.148. The molecule has 20 heavy (non-hydrogen) atoms. The highest BCUT2D eigenvalue weighted by Gasteiger charge is 2.47. The van der Waals surface area contributed by atoms with Crippen LogP contribution in [0.2, 0.25) is 0 Å². The lowest BCUT2D eigenvalue weighted by Gasteiger charge is -2.25. The molecule has 2 rings (SSSR count). The zero-order chi connectivity index (χ0) is 14.8. The third-order valence-corrected chi connectivity index (χ3v) is 3.37. The summed E-state index contributed by atoms with van der Waals surface area (Å²) in [5.41, 5.74) is -0.235. The van der Waals surface area contributed by atoms with Crippen molar-refractivity contribution in [2.45, 2.75) is 26.8 Å². The van der Waals surface area contributed by atoms with Gasteiger partial charge in [-0.15, -0.1) is 0 Å². The molecule has 2 heterocycles. The number of carbonyl (C=O) groups is 1. The van der Waals surface area contributed by atoms with Crippen molar-refractivity contribution in [3.8, 4) is 5.88 Å². The summed E-state index contributed by atoms with van der Waals surface area (Å²) in [6, 6.07) is 1.35. The Morgan fingerprint density at radius 1 is 1.65 bits per heavy atom. The van der Waals surface area contributed by atoms with E-state index in [1.54, 1.807) is 13.0 Å². The van der Waals surface area contributed by atoms with Crippen LogP contribution < -0.4 is 10.1 Å². The van der Waals surface area contributed by atoms with Crippen LogP contribution in [-0.2, 0) is 9.53 Å². The van der Waals surface area contributed by atoms with Gasteiger partial charge in [0.15, 0.2) is 0 Å². The van der Waals surface area contributed by atoms with Gasteiger partial charge in [0.25, 0.3) is 0 Å².